The minimum Gasteiger partial charge on any atom is -0.332 e. The number of benzene rings is 1. The largest absolute Gasteiger partial charge is 0.332 e. The Kier molecular flexibility index (Phi) is 6.30. The Labute approximate surface area is 181 Å². The van der Waals surface area contributed by atoms with Gasteiger partial charge in [-0.15, -0.1) is 0 Å². The molecule has 1 amide bonds. The van der Waals surface area contributed by atoms with E-state index in [1.807, 2.05) is 10.3 Å². The summed E-state index contributed by atoms with van der Waals surface area (Å²) in [5.74, 6) is -0.136. The molecule has 0 N–H and O–H groups in total. The Hall–Kier alpha value is -1.41. The molecule has 0 spiro atoms. The molecule has 2 aliphatic rings. The Balaban J connectivity index is 1.63. The highest BCUT2D eigenvalue weighted by atomic mass is 35.5. The van der Waals surface area contributed by atoms with Gasteiger partial charge in [0.25, 0.3) is 5.91 Å². The second kappa shape index (κ2) is 8.76. The van der Waals surface area contributed by atoms with Crippen molar-refractivity contribution in [3.63, 3.8) is 0 Å². The molecule has 2 aromatic rings. The quantitative estimate of drug-likeness (QED) is 0.659. The Morgan fingerprint density at radius 2 is 1.79 bits per heavy atom. The Bertz CT molecular complexity index is 968. The summed E-state index contributed by atoms with van der Waals surface area (Å²) in [6.07, 6.45) is 5.65. The van der Waals surface area contributed by atoms with Gasteiger partial charge in [0.2, 0.25) is 10.0 Å². The van der Waals surface area contributed by atoms with Crippen LogP contribution in [0.25, 0.3) is 0 Å². The number of sulfonamides is 1. The van der Waals surface area contributed by atoms with Crippen molar-refractivity contribution in [3.05, 3.63) is 51.2 Å². The van der Waals surface area contributed by atoms with Gasteiger partial charge in [-0.1, -0.05) is 24.4 Å². The summed E-state index contributed by atoms with van der Waals surface area (Å²) in [4.78, 5) is 15.1. The number of thiophene rings is 1. The minimum atomic E-state index is -3.72. The predicted octanol–water partition coefficient (Wildman–Crippen LogP) is 4.94. The number of hydrogen-bond donors (Lipinski definition) is 0. The number of nitrogens with zero attached hydrogens (tertiary/aromatic N) is 2. The van der Waals surface area contributed by atoms with Gasteiger partial charge in [0.05, 0.1) is 11.1 Å². The first-order valence-corrected chi connectivity index (χ1v) is 12.9. The Morgan fingerprint density at radius 3 is 2.48 bits per heavy atom. The van der Waals surface area contributed by atoms with E-state index >= 15 is 0 Å². The maximum atomic E-state index is 13.3. The third kappa shape index (κ3) is 4.24. The molecule has 8 heteroatoms. The van der Waals surface area contributed by atoms with Crippen LogP contribution < -0.4 is 0 Å². The zero-order valence-electron chi connectivity index (χ0n) is 16.2. The number of halogens is 1. The van der Waals surface area contributed by atoms with E-state index in [1.54, 1.807) is 17.4 Å². The molecule has 0 bridgehead atoms. The smallest absolute Gasteiger partial charge is 0.254 e. The summed E-state index contributed by atoms with van der Waals surface area (Å²) < 4.78 is 28.0. The SMILES string of the molecule is O=C(c1ccc(Cl)c(S(=O)(=O)N2CCCCCC2)c1)N1CCCC1c1ccsc1. The molecule has 156 valence electrons. The van der Waals surface area contributed by atoms with Crippen LogP contribution in [-0.2, 0) is 10.0 Å². The molecule has 2 fully saturated rings. The van der Waals surface area contributed by atoms with Gasteiger partial charge >= 0.3 is 0 Å². The average molecular weight is 453 g/mol. The van der Waals surface area contributed by atoms with Crippen molar-refractivity contribution in [1.82, 2.24) is 9.21 Å². The second-order valence-corrected chi connectivity index (χ2v) is 10.8. The molecule has 29 heavy (non-hydrogen) atoms. The first kappa shape index (κ1) is 20.8. The van der Waals surface area contributed by atoms with Crippen LogP contribution in [0.2, 0.25) is 5.02 Å². The normalized spacial score (nSPS) is 21.3. The number of likely N-dealkylation sites (tertiary alicyclic amines) is 1. The standard InChI is InChI=1S/C21H25ClN2O3S2/c22-18-8-7-16(14-20(18)29(26,27)23-10-3-1-2-4-11-23)21(25)24-12-5-6-19(24)17-9-13-28-15-17/h7-9,13-15,19H,1-6,10-12H2. The molecule has 1 unspecified atom stereocenters. The highest BCUT2D eigenvalue weighted by Crippen LogP contribution is 2.35. The van der Waals surface area contributed by atoms with Crippen LogP contribution in [0.3, 0.4) is 0 Å². The monoisotopic (exact) mass is 452 g/mol. The number of rotatable bonds is 4. The fourth-order valence-electron chi connectivity index (χ4n) is 4.24. The van der Waals surface area contributed by atoms with E-state index in [1.165, 1.54) is 16.4 Å². The third-order valence-electron chi connectivity index (χ3n) is 5.80. The lowest BCUT2D eigenvalue weighted by Crippen LogP contribution is -2.33. The maximum absolute atomic E-state index is 13.3. The molecule has 5 nitrogen and oxygen atoms in total. The van der Waals surface area contributed by atoms with Gasteiger partial charge in [-0.05, 0) is 66.3 Å². The molecule has 1 aromatic heterocycles. The summed E-state index contributed by atoms with van der Waals surface area (Å²) in [5.41, 5.74) is 1.53. The molecule has 1 aromatic carbocycles. The summed E-state index contributed by atoms with van der Waals surface area (Å²) in [6, 6.07) is 6.74. The van der Waals surface area contributed by atoms with Crippen LogP contribution in [0.15, 0.2) is 39.9 Å². The first-order valence-electron chi connectivity index (χ1n) is 10.1. The fourth-order valence-corrected chi connectivity index (χ4v) is 6.97. The lowest BCUT2D eigenvalue weighted by molar-refractivity contribution is 0.0735. The Morgan fingerprint density at radius 1 is 1.03 bits per heavy atom. The summed E-state index contributed by atoms with van der Waals surface area (Å²) >= 11 is 7.91. The van der Waals surface area contributed by atoms with Crippen LogP contribution in [0.5, 0.6) is 0 Å². The van der Waals surface area contributed by atoms with Crippen molar-refractivity contribution in [3.8, 4) is 0 Å². The zero-order valence-corrected chi connectivity index (χ0v) is 18.6. The van der Waals surface area contributed by atoms with E-state index in [9.17, 15) is 13.2 Å². The molecule has 4 rings (SSSR count). The van der Waals surface area contributed by atoms with Gasteiger partial charge in [0.1, 0.15) is 4.90 Å². The zero-order chi connectivity index (χ0) is 20.4. The fraction of sp³-hybridized carbons (Fsp3) is 0.476. The number of carbonyl (C=O) groups is 1. The van der Waals surface area contributed by atoms with Gasteiger partial charge in [-0.25, -0.2) is 8.42 Å². The first-order chi connectivity index (χ1) is 14.0. The third-order valence-corrected chi connectivity index (χ3v) is 8.88. The van der Waals surface area contributed by atoms with Crippen LogP contribution >= 0.6 is 22.9 Å². The van der Waals surface area contributed by atoms with Gasteiger partial charge in [0, 0.05) is 25.2 Å². The van der Waals surface area contributed by atoms with E-state index in [-0.39, 0.29) is 21.9 Å². The lowest BCUT2D eigenvalue weighted by atomic mass is 10.1. The van der Waals surface area contributed by atoms with Crippen molar-refractivity contribution in [2.75, 3.05) is 19.6 Å². The molecule has 0 aliphatic carbocycles. The van der Waals surface area contributed by atoms with Crippen LogP contribution in [-0.4, -0.2) is 43.2 Å². The van der Waals surface area contributed by atoms with E-state index in [0.717, 1.165) is 44.1 Å². The number of amides is 1. The van der Waals surface area contributed by atoms with Crippen molar-refractivity contribution in [2.24, 2.45) is 0 Å². The molecule has 1 atom stereocenters. The molecule has 0 saturated carbocycles. The predicted molar refractivity (Wildman–Crippen MR) is 116 cm³/mol. The van der Waals surface area contributed by atoms with E-state index in [0.29, 0.717) is 25.2 Å². The van der Waals surface area contributed by atoms with Crippen LogP contribution in [0.4, 0.5) is 0 Å². The van der Waals surface area contributed by atoms with E-state index in [4.69, 9.17) is 11.6 Å². The summed E-state index contributed by atoms with van der Waals surface area (Å²) in [5, 5.41) is 4.26. The van der Waals surface area contributed by atoms with Crippen molar-refractivity contribution < 1.29 is 13.2 Å². The molecular weight excluding hydrogens is 428 g/mol. The van der Waals surface area contributed by atoms with Gasteiger partial charge in [-0.2, -0.15) is 15.6 Å². The number of carbonyl (C=O) groups excluding carboxylic acids is 1. The van der Waals surface area contributed by atoms with E-state index < -0.39 is 10.0 Å². The average Bonchev–Trinajstić information content (AvgIpc) is 3.33. The van der Waals surface area contributed by atoms with Gasteiger partial charge in [-0.3, -0.25) is 4.79 Å². The minimum absolute atomic E-state index is 0.0400. The van der Waals surface area contributed by atoms with Gasteiger partial charge < -0.3 is 4.90 Å². The highest BCUT2D eigenvalue weighted by molar-refractivity contribution is 7.89. The molecular formula is C21H25ClN2O3S2. The van der Waals surface area contributed by atoms with Crippen molar-refractivity contribution in [2.45, 2.75) is 49.5 Å². The highest BCUT2D eigenvalue weighted by Gasteiger charge is 2.33. The maximum Gasteiger partial charge on any atom is 0.254 e. The van der Waals surface area contributed by atoms with Crippen molar-refractivity contribution >= 4 is 38.9 Å². The van der Waals surface area contributed by atoms with E-state index in [2.05, 4.69) is 11.4 Å². The van der Waals surface area contributed by atoms with Gasteiger partial charge in [0.15, 0.2) is 0 Å². The molecule has 3 heterocycles. The molecule has 2 aliphatic heterocycles. The summed E-state index contributed by atoms with van der Waals surface area (Å²) in [6.45, 7) is 1.68. The van der Waals surface area contributed by atoms with Crippen molar-refractivity contribution in [1.29, 1.82) is 0 Å². The van der Waals surface area contributed by atoms with Crippen LogP contribution in [0.1, 0.15) is 60.5 Å². The second-order valence-electron chi connectivity index (χ2n) is 7.68. The topological polar surface area (TPSA) is 57.7 Å². The summed E-state index contributed by atoms with van der Waals surface area (Å²) in [7, 11) is -3.72. The van der Waals surface area contributed by atoms with Crippen LogP contribution in [0, 0.1) is 0 Å². The number of hydrogen-bond acceptors (Lipinski definition) is 4. The lowest BCUT2D eigenvalue weighted by Gasteiger charge is -2.25. The molecule has 0 radical (unpaired) electrons. The molecule has 2 saturated heterocycles.